The number of nitrogens with two attached hydrogens (primary N) is 1. The van der Waals surface area contributed by atoms with Crippen LogP contribution < -0.4 is 16.1 Å². The van der Waals surface area contributed by atoms with Crippen LogP contribution >= 0.6 is 0 Å². The van der Waals surface area contributed by atoms with Crippen LogP contribution in [0.4, 0.5) is 20.3 Å². The van der Waals surface area contributed by atoms with E-state index >= 15 is 0 Å². The summed E-state index contributed by atoms with van der Waals surface area (Å²) in [6, 6.07) is 12.4. The van der Waals surface area contributed by atoms with Gasteiger partial charge in [-0.25, -0.2) is 19.2 Å². The van der Waals surface area contributed by atoms with Crippen molar-refractivity contribution in [3.05, 3.63) is 72.1 Å². The molecule has 3 N–H and O–H groups in total. The van der Waals surface area contributed by atoms with E-state index in [1.807, 2.05) is 31.2 Å². The Bertz CT molecular complexity index is 1420. The number of benzene rings is 2. The first-order valence-electron chi connectivity index (χ1n) is 12.7. The van der Waals surface area contributed by atoms with Gasteiger partial charge in [-0.3, -0.25) is 9.82 Å². The van der Waals surface area contributed by atoms with Crippen LogP contribution in [0.25, 0.3) is 33.2 Å². The van der Waals surface area contributed by atoms with Gasteiger partial charge < -0.3 is 15.4 Å². The largest absolute Gasteiger partial charge is 0.382 e. The van der Waals surface area contributed by atoms with Crippen molar-refractivity contribution in [2.24, 2.45) is 5.73 Å². The summed E-state index contributed by atoms with van der Waals surface area (Å²) in [6.45, 7) is 4.12. The number of hydrogen-bond acceptors (Lipinski definition) is 7. The molecule has 1 aliphatic heterocycles. The van der Waals surface area contributed by atoms with E-state index in [1.165, 1.54) is 18.2 Å². The van der Waals surface area contributed by atoms with Gasteiger partial charge in [-0.2, -0.15) is 0 Å². The topological polar surface area (TPSA) is 85.5 Å². The Morgan fingerprint density at radius 1 is 0.947 bits per heavy atom. The van der Waals surface area contributed by atoms with Crippen molar-refractivity contribution in [3.63, 3.8) is 0 Å². The fourth-order valence-corrected chi connectivity index (χ4v) is 4.90. The Hall–Kier alpha value is -3.66. The molecular weight excluding hydrogens is 488 g/mol. The molecule has 5 rings (SSSR count). The van der Waals surface area contributed by atoms with Crippen molar-refractivity contribution in [1.82, 2.24) is 9.97 Å². The smallest absolute Gasteiger partial charge is 0.157 e. The Morgan fingerprint density at radius 3 is 2.53 bits per heavy atom. The van der Waals surface area contributed by atoms with Crippen LogP contribution in [0.15, 0.2) is 54.9 Å². The zero-order valence-electron chi connectivity index (χ0n) is 21.5. The summed E-state index contributed by atoms with van der Waals surface area (Å²) in [4.78, 5) is 16.7. The molecule has 38 heavy (non-hydrogen) atoms. The number of methoxy groups -OCH3 is 1. The van der Waals surface area contributed by atoms with Gasteiger partial charge >= 0.3 is 0 Å². The number of pyridine rings is 2. The number of fused-ring (bicyclic) bond motifs is 1. The van der Waals surface area contributed by atoms with Crippen LogP contribution in [-0.2, 0) is 9.57 Å². The predicted molar refractivity (Wildman–Crippen MR) is 146 cm³/mol. The molecule has 1 fully saturated rings. The number of aryl methyl sites for hydroxylation is 1. The lowest BCUT2D eigenvalue weighted by Crippen LogP contribution is -2.40. The molecule has 0 saturated carbocycles. The molecule has 2 aromatic heterocycles. The number of anilines is 2. The second kappa shape index (κ2) is 11.4. The van der Waals surface area contributed by atoms with Gasteiger partial charge in [0.1, 0.15) is 11.6 Å². The second-order valence-electron chi connectivity index (χ2n) is 9.59. The van der Waals surface area contributed by atoms with Gasteiger partial charge in [-0.05, 0) is 66.8 Å². The van der Waals surface area contributed by atoms with Gasteiger partial charge in [0, 0.05) is 49.0 Å². The molecule has 1 saturated heterocycles. The highest BCUT2D eigenvalue weighted by Gasteiger charge is 2.23. The molecule has 0 amide bonds. The average Bonchev–Trinajstić information content (AvgIpc) is 2.91. The Kier molecular flexibility index (Phi) is 7.78. The Balaban J connectivity index is 1.66. The highest BCUT2D eigenvalue weighted by atomic mass is 19.1. The first kappa shape index (κ1) is 26.0. The van der Waals surface area contributed by atoms with Gasteiger partial charge in [0.2, 0.25) is 0 Å². The molecule has 198 valence electrons. The summed E-state index contributed by atoms with van der Waals surface area (Å²) in [6.07, 6.45) is 4.65. The molecule has 9 heteroatoms. The van der Waals surface area contributed by atoms with Crippen molar-refractivity contribution in [1.29, 1.82) is 0 Å². The molecule has 7 nitrogen and oxygen atoms in total. The summed E-state index contributed by atoms with van der Waals surface area (Å²) < 4.78 is 33.8. The maximum absolute atomic E-state index is 14.5. The number of aromatic nitrogens is 2. The monoisotopic (exact) mass is 519 g/mol. The molecule has 0 atom stereocenters. The summed E-state index contributed by atoms with van der Waals surface area (Å²) in [5, 5.41) is 0.882. The number of piperidine rings is 1. The number of hydrogen-bond donors (Lipinski definition) is 2. The molecule has 0 spiro atoms. The van der Waals surface area contributed by atoms with Gasteiger partial charge in [0.15, 0.2) is 5.82 Å². The lowest BCUT2D eigenvalue weighted by Gasteiger charge is -2.34. The van der Waals surface area contributed by atoms with E-state index in [-0.39, 0.29) is 11.9 Å². The number of ether oxygens (including phenoxy) is 1. The van der Waals surface area contributed by atoms with E-state index < -0.39 is 5.82 Å². The normalized spacial score (nSPS) is 14.3. The van der Waals surface area contributed by atoms with Gasteiger partial charge in [-0.15, -0.1) is 0 Å². The van der Waals surface area contributed by atoms with Crippen LogP contribution in [-0.4, -0.2) is 49.4 Å². The lowest BCUT2D eigenvalue weighted by molar-refractivity contribution is 0.100. The Labute approximate surface area is 220 Å². The summed E-state index contributed by atoms with van der Waals surface area (Å²) in [5.74, 6) is -0.373. The zero-order valence-corrected chi connectivity index (χ0v) is 21.5. The van der Waals surface area contributed by atoms with Crippen LogP contribution in [0.1, 0.15) is 18.4 Å². The van der Waals surface area contributed by atoms with Gasteiger partial charge in [0.25, 0.3) is 0 Å². The van der Waals surface area contributed by atoms with E-state index in [0.717, 1.165) is 71.0 Å². The van der Waals surface area contributed by atoms with Crippen LogP contribution in [0.2, 0.25) is 0 Å². The van der Waals surface area contributed by atoms with Crippen molar-refractivity contribution in [3.8, 4) is 22.3 Å². The van der Waals surface area contributed by atoms with Crippen molar-refractivity contribution >= 4 is 22.4 Å². The fourth-order valence-electron chi connectivity index (χ4n) is 4.90. The minimum absolute atomic E-state index is 0.153. The molecule has 0 unspecified atom stereocenters. The summed E-state index contributed by atoms with van der Waals surface area (Å²) >= 11 is 0. The molecular formula is C29H31F2N5O2. The highest BCUT2D eigenvalue weighted by Crippen LogP contribution is 2.40. The van der Waals surface area contributed by atoms with Crippen LogP contribution in [0.5, 0.6) is 0 Å². The summed E-state index contributed by atoms with van der Waals surface area (Å²) in [5.41, 5.74) is 14.5. The maximum atomic E-state index is 14.5. The predicted octanol–water partition coefficient (Wildman–Crippen LogP) is 5.47. The second-order valence-corrected chi connectivity index (χ2v) is 9.59. The van der Waals surface area contributed by atoms with E-state index in [2.05, 4.69) is 15.4 Å². The van der Waals surface area contributed by atoms with Crippen LogP contribution in [0.3, 0.4) is 0 Å². The minimum Gasteiger partial charge on any atom is -0.382 e. The molecule has 0 radical (unpaired) electrons. The van der Waals surface area contributed by atoms with Gasteiger partial charge in [-0.1, -0.05) is 12.1 Å². The van der Waals surface area contributed by atoms with E-state index in [4.69, 9.17) is 20.3 Å². The summed E-state index contributed by atoms with van der Waals surface area (Å²) in [7, 11) is 1.58. The first-order valence-corrected chi connectivity index (χ1v) is 12.7. The quantitative estimate of drug-likeness (QED) is 0.236. The van der Waals surface area contributed by atoms with E-state index in [0.29, 0.717) is 24.6 Å². The molecule has 2 aromatic carbocycles. The third kappa shape index (κ3) is 5.60. The lowest BCUT2D eigenvalue weighted by atomic mass is 9.95. The standard InChI is InChI=1S/C29H31F2N5O2/c1-18-11-20(13-21(30)12-18)26-17-33-27-4-3-19(14-25(27)28(26)36-7-5-23(32)6-8-36)24-15-22(31)16-34-29(24)35-38-10-9-37-2/h3-4,11-17,23H,5-10,32H2,1-2H3,(H,34,35). The molecule has 4 aromatic rings. The fraction of sp³-hybridized carbons (Fsp3) is 0.310. The van der Waals surface area contributed by atoms with Crippen molar-refractivity contribution in [2.45, 2.75) is 25.8 Å². The van der Waals surface area contributed by atoms with Crippen LogP contribution in [0, 0.1) is 18.6 Å². The van der Waals surface area contributed by atoms with Crippen molar-refractivity contribution in [2.75, 3.05) is 43.8 Å². The maximum Gasteiger partial charge on any atom is 0.157 e. The third-order valence-electron chi connectivity index (χ3n) is 6.77. The molecule has 0 bridgehead atoms. The zero-order chi connectivity index (χ0) is 26.6. The van der Waals surface area contributed by atoms with E-state index in [1.54, 1.807) is 13.3 Å². The first-order chi connectivity index (χ1) is 18.4. The molecule has 1 aliphatic rings. The number of nitrogens with one attached hydrogen (secondary N) is 1. The van der Waals surface area contributed by atoms with Crippen molar-refractivity contribution < 1.29 is 18.4 Å². The molecule has 3 heterocycles. The number of halogens is 2. The SMILES string of the molecule is COCCONc1ncc(F)cc1-c1ccc2ncc(-c3cc(C)cc(F)c3)c(N3CCC(N)CC3)c2c1. The van der Waals surface area contributed by atoms with E-state index in [9.17, 15) is 8.78 Å². The third-order valence-corrected chi connectivity index (χ3v) is 6.77. The Morgan fingerprint density at radius 2 is 1.76 bits per heavy atom. The highest BCUT2D eigenvalue weighted by molar-refractivity contribution is 6.02. The van der Waals surface area contributed by atoms with Gasteiger partial charge in [0.05, 0.1) is 30.6 Å². The minimum atomic E-state index is -0.463. The number of nitrogens with zero attached hydrogens (tertiary/aromatic N) is 3. The number of rotatable bonds is 8. The molecule has 0 aliphatic carbocycles. The average molecular weight is 520 g/mol.